The van der Waals surface area contributed by atoms with Gasteiger partial charge in [-0.25, -0.2) is 13.1 Å². The van der Waals surface area contributed by atoms with Gasteiger partial charge in [-0.1, -0.05) is 19.9 Å². The van der Waals surface area contributed by atoms with Gasteiger partial charge in [-0.2, -0.15) is 0 Å². The van der Waals surface area contributed by atoms with E-state index in [0.717, 1.165) is 0 Å². The van der Waals surface area contributed by atoms with Crippen molar-refractivity contribution in [2.45, 2.75) is 32.8 Å². The molecule has 0 aliphatic carbocycles. The maximum Gasteiger partial charge on any atom is 0.211 e. The Morgan fingerprint density at radius 2 is 2.07 bits per heavy atom. The lowest BCUT2D eigenvalue weighted by atomic mass is 10.1. The highest BCUT2D eigenvalue weighted by molar-refractivity contribution is 7.89. The Morgan fingerprint density at radius 3 is 2.53 bits per heavy atom. The highest BCUT2D eigenvalue weighted by Gasteiger charge is 2.12. The molecule has 0 aromatic rings. The van der Waals surface area contributed by atoms with Crippen LogP contribution in [0.1, 0.15) is 26.7 Å². The Hall–Kier alpha value is -0.390. The van der Waals surface area contributed by atoms with Crippen molar-refractivity contribution in [1.82, 2.24) is 4.72 Å². The van der Waals surface area contributed by atoms with Crippen molar-refractivity contribution in [3.63, 3.8) is 0 Å². The van der Waals surface area contributed by atoms with Crippen LogP contribution < -0.4 is 4.72 Å². The molecule has 0 aliphatic heterocycles. The molecule has 2 N–H and O–H groups in total. The van der Waals surface area contributed by atoms with Crippen LogP contribution in [0.3, 0.4) is 0 Å². The topological polar surface area (TPSA) is 66.4 Å². The van der Waals surface area contributed by atoms with Crippen LogP contribution in [0.25, 0.3) is 0 Å². The summed E-state index contributed by atoms with van der Waals surface area (Å²) in [5.74, 6) is 0.392. The lowest BCUT2D eigenvalue weighted by Crippen LogP contribution is -2.34. The predicted octanol–water partition coefficient (Wildman–Crippen LogP) is 0.889. The minimum Gasteiger partial charge on any atom is -0.392 e. The molecule has 1 atom stereocenters. The van der Waals surface area contributed by atoms with Crippen molar-refractivity contribution in [1.29, 1.82) is 0 Å². The summed E-state index contributed by atoms with van der Waals surface area (Å²) in [6.45, 7) is 7.51. The van der Waals surface area contributed by atoms with Gasteiger partial charge >= 0.3 is 0 Å². The molecule has 0 saturated heterocycles. The van der Waals surface area contributed by atoms with E-state index >= 15 is 0 Å². The minimum atomic E-state index is -3.26. The third-order valence-electron chi connectivity index (χ3n) is 1.87. The van der Waals surface area contributed by atoms with Crippen molar-refractivity contribution in [3.05, 3.63) is 12.7 Å². The number of rotatable bonds is 8. The maximum absolute atomic E-state index is 11.3. The maximum atomic E-state index is 11.3. The van der Waals surface area contributed by atoms with Gasteiger partial charge < -0.3 is 5.11 Å². The smallest absolute Gasteiger partial charge is 0.211 e. The second-order valence-corrected chi connectivity index (χ2v) is 5.95. The normalized spacial score (nSPS) is 14.1. The minimum absolute atomic E-state index is 0.0326. The monoisotopic (exact) mass is 235 g/mol. The van der Waals surface area contributed by atoms with Gasteiger partial charge in [0.25, 0.3) is 0 Å². The SMILES string of the molecule is C=CCCS(=O)(=O)NCC(O)CC(C)C. The Morgan fingerprint density at radius 1 is 1.47 bits per heavy atom. The molecule has 0 amide bonds. The van der Waals surface area contributed by atoms with E-state index in [4.69, 9.17) is 0 Å². The number of hydrogen-bond acceptors (Lipinski definition) is 3. The average Bonchev–Trinajstić information content (AvgIpc) is 2.11. The molecule has 4 nitrogen and oxygen atoms in total. The molecule has 90 valence electrons. The number of allylic oxidation sites excluding steroid dienone is 1. The fraction of sp³-hybridized carbons (Fsp3) is 0.800. The summed E-state index contributed by atoms with van der Waals surface area (Å²) in [5.41, 5.74) is 0. The van der Waals surface area contributed by atoms with Crippen LogP contribution in [0.5, 0.6) is 0 Å². The molecule has 0 spiro atoms. The Balaban J connectivity index is 3.87. The number of sulfonamides is 1. The largest absolute Gasteiger partial charge is 0.392 e. The van der Waals surface area contributed by atoms with Gasteiger partial charge in [-0.3, -0.25) is 0 Å². The molecule has 0 fully saturated rings. The third-order valence-corrected chi connectivity index (χ3v) is 3.25. The summed E-state index contributed by atoms with van der Waals surface area (Å²) in [5, 5.41) is 9.46. The van der Waals surface area contributed by atoms with Crippen molar-refractivity contribution in [2.75, 3.05) is 12.3 Å². The van der Waals surface area contributed by atoms with Gasteiger partial charge in [0.05, 0.1) is 11.9 Å². The molecule has 0 rings (SSSR count). The molecule has 1 unspecified atom stereocenters. The predicted molar refractivity (Wildman–Crippen MR) is 62.1 cm³/mol. The zero-order chi connectivity index (χ0) is 11.9. The van der Waals surface area contributed by atoms with Crippen LogP contribution in [0.4, 0.5) is 0 Å². The third kappa shape index (κ3) is 8.59. The summed E-state index contributed by atoms with van der Waals surface area (Å²) in [4.78, 5) is 0. The lowest BCUT2D eigenvalue weighted by molar-refractivity contribution is 0.152. The number of hydrogen-bond donors (Lipinski definition) is 2. The summed E-state index contributed by atoms with van der Waals surface area (Å²) in [6.07, 6.45) is 1.98. The number of aliphatic hydroxyl groups excluding tert-OH is 1. The van der Waals surface area contributed by atoms with Gasteiger partial charge in [0, 0.05) is 6.54 Å². The van der Waals surface area contributed by atoms with Gasteiger partial charge in [0.2, 0.25) is 10.0 Å². The van der Waals surface area contributed by atoms with E-state index in [-0.39, 0.29) is 12.3 Å². The van der Waals surface area contributed by atoms with E-state index in [1.165, 1.54) is 0 Å². The molecule has 0 aromatic carbocycles. The zero-order valence-electron chi connectivity index (χ0n) is 9.44. The van der Waals surface area contributed by atoms with E-state index in [1.807, 2.05) is 13.8 Å². The quantitative estimate of drug-likeness (QED) is 0.614. The molecule has 0 bridgehead atoms. The van der Waals surface area contributed by atoms with E-state index in [2.05, 4.69) is 11.3 Å². The van der Waals surface area contributed by atoms with Crippen LogP contribution in [0.15, 0.2) is 12.7 Å². The fourth-order valence-electron chi connectivity index (χ4n) is 1.16. The molecular weight excluding hydrogens is 214 g/mol. The van der Waals surface area contributed by atoms with E-state index < -0.39 is 16.1 Å². The Bertz CT molecular complexity index is 272. The summed E-state index contributed by atoms with van der Waals surface area (Å²) in [7, 11) is -3.26. The second-order valence-electron chi connectivity index (χ2n) is 4.03. The summed E-state index contributed by atoms with van der Waals surface area (Å²) >= 11 is 0. The van der Waals surface area contributed by atoms with Crippen molar-refractivity contribution in [2.24, 2.45) is 5.92 Å². The standard InChI is InChI=1S/C10H21NO3S/c1-4-5-6-15(13,14)11-8-10(12)7-9(2)3/h4,9-12H,1,5-8H2,2-3H3. The molecule has 15 heavy (non-hydrogen) atoms. The van der Waals surface area contributed by atoms with Crippen LogP contribution in [0, 0.1) is 5.92 Å². The van der Waals surface area contributed by atoms with Gasteiger partial charge in [0.1, 0.15) is 0 Å². The Labute approximate surface area is 92.4 Å². The van der Waals surface area contributed by atoms with Crippen LogP contribution in [-0.2, 0) is 10.0 Å². The number of nitrogens with one attached hydrogen (secondary N) is 1. The van der Waals surface area contributed by atoms with E-state index in [1.54, 1.807) is 6.08 Å². The van der Waals surface area contributed by atoms with Crippen LogP contribution >= 0.6 is 0 Å². The first kappa shape index (κ1) is 14.6. The second kappa shape index (κ2) is 6.98. The zero-order valence-corrected chi connectivity index (χ0v) is 10.3. The average molecular weight is 235 g/mol. The highest BCUT2D eigenvalue weighted by Crippen LogP contribution is 2.03. The van der Waals surface area contributed by atoms with Crippen molar-refractivity contribution >= 4 is 10.0 Å². The van der Waals surface area contributed by atoms with Crippen molar-refractivity contribution in [3.8, 4) is 0 Å². The lowest BCUT2D eigenvalue weighted by Gasteiger charge is -2.13. The summed E-state index contributed by atoms with van der Waals surface area (Å²) in [6, 6.07) is 0. The van der Waals surface area contributed by atoms with Crippen molar-refractivity contribution < 1.29 is 13.5 Å². The van der Waals surface area contributed by atoms with Gasteiger partial charge in [0.15, 0.2) is 0 Å². The van der Waals surface area contributed by atoms with Gasteiger partial charge in [-0.15, -0.1) is 6.58 Å². The molecular formula is C10H21NO3S. The molecule has 0 aliphatic rings. The van der Waals surface area contributed by atoms with Crippen LogP contribution in [0.2, 0.25) is 0 Å². The molecule has 0 heterocycles. The Kier molecular flexibility index (Phi) is 6.80. The van der Waals surface area contributed by atoms with Crippen LogP contribution in [-0.4, -0.2) is 31.9 Å². The van der Waals surface area contributed by atoms with Gasteiger partial charge in [-0.05, 0) is 18.8 Å². The highest BCUT2D eigenvalue weighted by atomic mass is 32.2. The van der Waals surface area contributed by atoms with E-state index in [9.17, 15) is 13.5 Å². The first-order valence-electron chi connectivity index (χ1n) is 5.13. The molecule has 0 aromatic heterocycles. The molecule has 0 radical (unpaired) electrons. The first-order chi connectivity index (χ1) is 6.87. The molecule has 0 saturated carbocycles. The summed E-state index contributed by atoms with van der Waals surface area (Å²) < 4.78 is 25.0. The molecule has 5 heteroatoms. The van der Waals surface area contributed by atoms with E-state index in [0.29, 0.717) is 18.8 Å². The first-order valence-corrected chi connectivity index (χ1v) is 6.79. The fourth-order valence-corrected chi connectivity index (χ4v) is 2.23. The number of aliphatic hydroxyl groups is 1.